The molecule has 0 aromatic heterocycles. The number of nitrogens with zero attached hydrogens (tertiary/aromatic N) is 2. The Morgan fingerprint density at radius 2 is 1.63 bits per heavy atom. The van der Waals surface area contributed by atoms with Gasteiger partial charge in [-0.3, -0.25) is 15.0 Å². The number of hydrogen-bond acceptors (Lipinski definition) is 7. The first-order valence-electron chi connectivity index (χ1n) is 15.8. The number of hydrogen-bond donors (Lipinski definition) is 0. The third kappa shape index (κ3) is 7.66. The summed E-state index contributed by atoms with van der Waals surface area (Å²) in [6, 6.07) is 9.15. The van der Waals surface area contributed by atoms with Crippen molar-refractivity contribution in [2.24, 2.45) is 5.41 Å². The van der Waals surface area contributed by atoms with Crippen LogP contribution in [0.25, 0.3) is 16.7 Å². The number of cyclic esters (lactones) is 1. The van der Waals surface area contributed by atoms with Gasteiger partial charge < -0.3 is 14.2 Å². The summed E-state index contributed by atoms with van der Waals surface area (Å²) in [4.78, 5) is 38.1. The Morgan fingerprint density at radius 3 is 2.20 bits per heavy atom. The fourth-order valence-corrected chi connectivity index (χ4v) is 6.68. The maximum atomic E-state index is 13.6. The minimum Gasteiger partial charge on any atom is -0.496 e. The molecule has 0 saturated carbocycles. The molecule has 9 nitrogen and oxygen atoms in total. The van der Waals surface area contributed by atoms with E-state index in [-0.39, 0.29) is 34.8 Å². The zero-order chi connectivity index (χ0) is 37.6. The Balaban J connectivity index is 1.57. The predicted molar refractivity (Wildman–Crippen MR) is 173 cm³/mol. The molecule has 1 aliphatic heterocycles. The van der Waals surface area contributed by atoms with Crippen LogP contribution in [0.3, 0.4) is 0 Å². The van der Waals surface area contributed by atoms with Crippen molar-refractivity contribution in [3.8, 4) is 16.9 Å². The van der Waals surface area contributed by atoms with Crippen molar-refractivity contribution < 1.29 is 55.1 Å². The minimum absolute atomic E-state index is 0.00845. The van der Waals surface area contributed by atoms with Gasteiger partial charge in [0.25, 0.3) is 5.69 Å². The van der Waals surface area contributed by atoms with E-state index in [0.29, 0.717) is 48.3 Å². The quantitative estimate of drug-likeness (QED) is 0.0987. The second kappa shape index (κ2) is 13.6. The maximum Gasteiger partial charge on any atom is 0.416 e. The van der Waals surface area contributed by atoms with E-state index in [4.69, 9.17) is 14.2 Å². The molecule has 0 bridgehead atoms. The van der Waals surface area contributed by atoms with Crippen LogP contribution in [0, 0.1) is 15.5 Å². The highest BCUT2D eigenvalue weighted by Gasteiger charge is 2.44. The SMILES string of the molecule is COC(=O)c1ccc(-c2ccc(OC)c(C3=C(CN4C(=O)O[C@H](c5cc(C(F)(F)F)cc(C(F)(F)F)c5)[C@@H]4C)CC(C)(C)CC3)c2)c([N+](=O)[O-])c1. The number of nitro benzene ring substituents is 1. The van der Waals surface area contributed by atoms with Crippen molar-refractivity contribution in [2.75, 3.05) is 20.8 Å². The van der Waals surface area contributed by atoms with Gasteiger partial charge in [-0.15, -0.1) is 0 Å². The molecule has 5 rings (SSSR count). The average Bonchev–Trinajstić information content (AvgIpc) is 3.34. The van der Waals surface area contributed by atoms with Gasteiger partial charge in [0.05, 0.1) is 47.4 Å². The first-order chi connectivity index (χ1) is 23.7. The number of benzene rings is 3. The molecule has 272 valence electrons. The Hall–Kier alpha value is -5.08. The zero-order valence-corrected chi connectivity index (χ0v) is 28.2. The first-order valence-corrected chi connectivity index (χ1v) is 15.8. The van der Waals surface area contributed by atoms with Crippen molar-refractivity contribution in [1.29, 1.82) is 0 Å². The van der Waals surface area contributed by atoms with E-state index in [1.165, 1.54) is 31.1 Å². The van der Waals surface area contributed by atoms with Crippen molar-refractivity contribution in [3.05, 3.63) is 98.1 Å². The fraction of sp³-hybridized carbons (Fsp3) is 0.389. The number of allylic oxidation sites excluding steroid dienone is 1. The molecular formula is C36H34F6N2O7. The number of alkyl halides is 6. The maximum absolute atomic E-state index is 13.6. The molecule has 1 amide bonds. The molecule has 1 aliphatic carbocycles. The largest absolute Gasteiger partial charge is 0.496 e. The van der Waals surface area contributed by atoms with Crippen LogP contribution in [0.2, 0.25) is 0 Å². The molecule has 0 spiro atoms. The highest BCUT2D eigenvalue weighted by molar-refractivity contribution is 5.92. The smallest absolute Gasteiger partial charge is 0.416 e. The molecule has 1 saturated heterocycles. The summed E-state index contributed by atoms with van der Waals surface area (Å²) in [5.41, 5.74) is -1.31. The molecule has 2 aliphatic rings. The van der Waals surface area contributed by atoms with Crippen molar-refractivity contribution in [2.45, 2.75) is 64.5 Å². The lowest BCUT2D eigenvalue weighted by atomic mass is 9.72. The number of ether oxygens (including phenoxy) is 3. The predicted octanol–water partition coefficient (Wildman–Crippen LogP) is 9.64. The van der Waals surface area contributed by atoms with Crippen molar-refractivity contribution in [3.63, 3.8) is 0 Å². The lowest BCUT2D eigenvalue weighted by molar-refractivity contribution is -0.384. The van der Waals surface area contributed by atoms with Gasteiger partial charge in [0, 0.05) is 18.2 Å². The zero-order valence-electron chi connectivity index (χ0n) is 28.2. The number of rotatable bonds is 8. The monoisotopic (exact) mass is 720 g/mol. The third-order valence-corrected chi connectivity index (χ3v) is 9.31. The van der Waals surface area contributed by atoms with Crippen molar-refractivity contribution >= 4 is 23.3 Å². The highest BCUT2D eigenvalue weighted by atomic mass is 19.4. The number of methoxy groups -OCH3 is 2. The molecule has 2 atom stereocenters. The Bertz CT molecular complexity index is 1890. The normalized spacial score (nSPS) is 19.2. The van der Waals surface area contributed by atoms with Gasteiger partial charge in [-0.25, -0.2) is 9.59 Å². The summed E-state index contributed by atoms with van der Waals surface area (Å²) in [6.45, 7) is 5.50. The van der Waals surface area contributed by atoms with Crippen LogP contribution in [0.15, 0.2) is 60.2 Å². The standard InChI is InChI=1S/C36H34F6N2O7/c1-19-31(22-12-24(35(37,38)39)16-25(13-22)36(40,41)42)51-33(46)43(19)18-23-17-34(2,3)11-10-26(23)28-14-20(7-9-30(28)49-4)27-8-6-21(32(45)50-5)15-29(27)44(47)48/h6-9,12-16,19,31H,10-11,17-18H2,1-5H3/t19-,31-/m0/s1. The second-order valence-corrected chi connectivity index (χ2v) is 13.3. The highest BCUT2D eigenvalue weighted by Crippen LogP contribution is 2.47. The molecule has 51 heavy (non-hydrogen) atoms. The Kier molecular flexibility index (Phi) is 9.89. The van der Waals surface area contributed by atoms with Crippen LogP contribution >= 0.6 is 0 Å². The van der Waals surface area contributed by atoms with Crippen LogP contribution in [-0.4, -0.2) is 48.7 Å². The number of carbonyl (C=O) groups is 2. The van der Waals surface area contributed by atoms with E-state index in [2.05, 4.69) is 0 Å². The molecule has 0 unspecified atom stereocenters. The molecule has 0 N–H and O–H groups in total. The topological polar surface area (TPSA) is 108 Å². The molecule has 3 aromatic rings. The van der Waals surface area contributed by atoms with Gasteiger partial charge in [0.15, 0.2) is 0 Å². The van der Waals surface area contributed by atoms with Gasteiger partial charge in [0.1, 0.15) is 11.9 Å². The van der Waals surface area contributed by atoms with Crippen LogP contribution in [0.5, 0.6) is 5.75 Å². The minimum atomic E-state index is -5.08. The second-order valence-electron chi connectivity index (χ2n) is 13.3. The summed E-state index contributed by atoms with van der Waals surface area (Å²) in [5.74, 6) is -0.316. The lowest BCUT2D eigenvalue weighted by Crippen LogP contribution is -2.35. The van der Waals surface area contributed by atoms with Gasteiger partial charge in [-0.05, 0) is 96.3 Å². The number of esters is 1. The van der Waals surface area contributed by atoms with Gasteiger partial charge in [-0.1, -0.05) is 19.9 Å². The molecule has 1 heterocycles. The molecule has 3 aromatic carbocycles. The Labute approximate surface area is 288 Å². The van der Waals surface area contributed by atoms with E-state index in [9.17, 15) is 46.0 Å². The first kappa shape index (κ1) is 37.2. The third-order valence-electron chi connectivity index (χ3n) is 9.31. The fourth-order valence-electron chi connectivity index (χ4n) is 6.68. The number of carbonyl (C=O) groups excluding carboxylic acids is 2. The summed E-state index contributed by atoms with van der Waals surface area (Å²) in [7, 11) is 2.61. The summed E-state index contributed by atoms with van der Waals surface area (Å²) in [5, 5.41) is 12.1. The molecular weight excluding hydrogens is 686 g/mol. The molecule has 1 fully saturated rings. The number of halogens is 6. The van der Waals surface area contributed by atoms with Crippen LogP contribution in [-0.2, 0) is 21.8 Å². The van der Waals surface area contributed by atoms with Crippen molar-refractivity contribution in [1.82, 2.24) is 4.90 Å². The lowest BCUT2D eigenvalue weighted by Gasteiger charge is -2.36. The molecule has 0 radical (unpaired) electrons. The van der Waals surface area contributed by atoms with E-state index < -0.39 is 58.2 Å². The molecule has 15 heteroatoms. The number of nitro groups is 1. The van der Waals surface area contributed by atoms with Gasteiger partial charge in [0.2, 0.25) is 0 Å². The Morgan fingerprint density at radius 1 is 0.980 bits per heavy atom. The number of amides is 1. The van der Waals surface area contributed by atoms with Gasteiger partial charge in [-0.2, -0.15) is 26.3 Å². The van der Waals surface area contributed by atoms with E-state index in [1.807, 2.05) is 13.8 Å². The summed E-state index contributed by atoms with van der Waals surface area (Å²) >= 11 is 0. The van der Waals surface area contributed by atoms with Crippen LogP contribution in [0.1, 0.15) is 78.7 Å². The van der Waals surface area contributed by atoms with Gasteiger partial charge >= 0.3 is 24.4 Å². The van der Waals surface area contributed by atoms with Crippen LogP contribution < -0.4 is 4.74 Å². The van der Waals surface area contributed by atoms with E-state index >= 15 is 0 Å². The van der Waals surface area contributed by atoms with E-state index in [0.717, 1.165) is 24.3 Å². The average molecular weight is 721 g/mol. The summed E-state index contributed by atoms with van der Waals surface area (Å²) < 4.78 is 97.6. The van der Waals surface area contributed by atoms with Crippen LogP contribution in [0.4, 0.5) is 36.8 Å². The van der Waals surface area contributed by atoms with E-state index in [1.54, 1.807) is 18.2 Å². The summed E-state index contributed by atoms with van der Waals surface area (Å²) in [6.07, 6.45) is -10.8.